The Bertz CT molecular complexity index is 692. The molecule has 0 fully saturated rings. The number of benzene rings is 1. The van der Waals surface area contributed by atoms with Gasteiger partial charge in [-0.1, -0.05) is 11.8 Å². The predicted octanol–water partition coefficient (Wildman–Crippen LogP) is 0.977. The topological polar surface area (TPSA) is 108 Å². The SMILES string of the molecule is CCn1c(SCC(=O)c2ccc(O)cc2O)n[nH]c1=O. The summed E-state index contributed by atoms with van der Waals surface area (Å²) in [6, 6.07) is 3.79. The number of carbonyl (C=O) groups is 1. The van der Waals surface area contributed by atoms with Gasteiger partial charge in [-0.15, -0.1) is 5.10 Å². The Morgan fingerprint density at radius 2 is 2.20 bits per heavy atom. The predicted molar refractivity (Wildman–Crippen MR) is 73.3 cm³/mol. The van der Waals surface area contributed by atoms with Crippen molar-refractivity contribution in [3.63, 3.8) is 0 Å². The van der Waals surface area contributed by atoms with Crippen LogP contribution in [-0.4, -0.2) is 36.5 Å². The Morgan fingerprint density at radius 1 is 1.45 bits per heavy atom. The molecule has 1 heterocycles. The van der Waals surface area contributed by atoms with Crippen molar-refractivity contribution in [3.8, 4) is 11.5 Å². The van der Waals surface area contributed by atoms with Gasteiger partial charge in [0.25, 0.3) is 0 Å². The molecule has 0 radical (unpaired) electrons. The monoisotopic (exact) mass is 295 g/mol. The fourth-order valence-corrected chi connectivity index (χ4v) is 2.55. The van der Waals surface area contributed by atoms with Crippen molar-refractivity contribution < 1.29 is 15.0 Å². The molecule has 7 nitrogen and oxygen atoms in total. The van der Waals surface area contributed by atoms with Crippen LogP contribution in [0.1, 0.15) is 17.3 Å². The zero-order chi connectivity index (χ0) is 14.7. The number of aromatic hydroxyl groups is 2. The molecule has 0 atom stereocenters. The van der Waals surface area contributed by atoms with Gasteiger partial charge >= 0.3 is 5.69 Å². The standard InChI is InChI=1S/C12H13N3O4S/c1-2-15-11(19)13-14-12(15)20-6-10(18)8-4-3-7(16)5-9(8)17/h3-5,16-17H,2,6H2,1H3,(H,13,19). The molecule has 8 heteroatoms. The van der Waals surface area contributed by atoms with Gasteiger partial charge in [-0.2, -0.15) is 0 Å². The Balaban J connectivity index is 2.10. The van der Waals surface area contributed by atoms with Gasteiger partial charge in [-0.25, -0.2) is 9.89 Å². The van der Waals surface area contributed by atoms with Gasteiger partial charge in [0.1, 0.15) is 11.5 Å². The van der Waals surface area contributed by atoms with E-state index >= 15 is 0 Å². The fourth-order valence-electron chi connectivity index (χ4n) is 1.66. The second-order valence-electron chi connectivity index (χ2n) is 3.97. The lowest BCUT2D eigenvalue weighted by Crippen LogP contribution is -2.16. The second-order valence-corrected chi connectivity index (χ2v) is 4.91. The van der Waals surface area contributed by atoms with Gasteiger partial charge < -0.3 is 10.2 Å². The molecule has 2 rings (SSSR count). The smallest absolute Gasteiger partial charge is 0.343 e. The number of H-pyrrole nitrogens is 1. The van der Waals surface area contributed by atoms with Crippen molar-refractivity contribution in [1.82, 2.24) is 14.8 Å². The number of rotatable bonds is 5. The number of thioether (sulfide) groups is 1. The summed E-state index contributed by atoms with van der Waals surface area (Å²) in [5.74, 6) is -0.669. The van der Waals surface area contributed by atoms with Gasteiger partial charge in [0.2, 0.25) is 0 Å². The van der Waals surface area contributed by atoms with E-state index in [1.54, 1.807) is 6.92 Å². The van der Waals surface area contributed by atoms with Crippen molar-refractivity contribution in [2.75, 3.05) is 5.75 Å². The maximum atomic E-state index is 12.0. The first-order valence-corrected chi connectivity index (χ1v) is 6.84. The Morgan fingerprint density at radius 3 is 2.85 bits per heavy atom. The summed E-state index contributed by atoms with van der Waals surface area (Å²) in [6.45, 7) is 2.25. The van der Waals surface area contributed by atoms with Crippen LogP contribution in [0, 0.1) is 0 Å². The average Bonchev–Trinajstić information content (AvgIpc) is 2.76. The van der Waals surface area contributed by atoms with Crippen molar-refractivity contribution >= 4 is 17.5 Å². The van der Waals surface area contributed by atoms with E-state index in [4.69, 9.17) is 5.11 Å². The fraction of sp³-hybridized carbons (Fsp3) is 0.250. The van der Waals surface area contributed by atoms with Gasteiger partial charge in [0.05, 0.1) is 11.3 Å². The van der Waals surface area contributed by atoms with Gasteiger partial charge in [-0.05, 0) is 19.1 Å². The summed E-state index contributed by atoms with van der Waals surface area (Å²) in [5, 5.41) is 25.3. The number of aromatic amines is 1. The van der Waals surface area contributed by atoms with Crippen LogP contribution in [0.2, 0.25) is 0 Å². The van der Waals surface area contributed by atoms with Gasteiger partial charge in [0.15, 0.2) is 10.9 Å². The van der Waals surface area contributed by atoms with E-state index in [-0.39, 0.29) is 34.3 Å². The molecule has 2 aromatic rings. The van der Waals surface area contributed by atoms with Crippen LogP contribution >= 0.6 is 11.8 Å². The summed E-state index contributed by atoms with van der Waals surface area (Å²) in [7, 11) is 0. The first-order valence-electron chi connectivity index (χ1n) is 5.86. The van der Waals surface area contributed by atoms with Crippen LogP contribution in [0.3, 0.4) is 0 Å². The minimum atomic E-state index is -0.324. The van der Waals surface area contributed by atoms with Gasteiger partial charge in [-0.3, -0.25) is 9.36 Å². The number of hydrogen-bond donors (Lipinski definition) is 3. The number of carbonyl (C=O) groups excluding carboxylic acids is 1. The van der Waals surface area contributed by atoms with E-state index < -0.39 is 0 Å². The van der Waals surface area contributed by atoms with Crippen molar-refractivity contribution in [2.45, 2.75) is 18.6 Å². The maximum absolute atomic E-state index is 12.0. The largest absolute Gasteiger partial charge is 0.508 e. The lowest BCUT2D eigenvalue weighted by Gasteiger charge is -2.04. The number of ketones is 1. The van der Waals surface area contributed by atoms with Crippen LogP contribution in [0.25, 0.3) is 0 Å². The summed E-state index contributed by atoms with van der Waals surface area (Å²) < 4.78 is 1.41. The molecular weight excluding hydrogens is 282 g/mol. The molecule has 0 aliphatic heterocycles. The summed E-state index contributed by atoms with van der Waals surface area (Å²) in [4.78, 5) is 23.3. The minimum Gasteiger partial charge on any atom is -0.508 e. The van der Waals surface area contributed by atoms with Crippen LogP contribution in [0.5, 0.6) is 11.5 Å². The third-order valence-corrected chi connectivity index (χ3v) is 3.63. The van der Waals surface area contributed by atoms with Crippen LogP contribution in [-0.2, 0) is 6.54 Å². The molecule has 1 aromatic carbocycles. The Kier molecular flexibility index (Phi) is 4.14. The summed E-state index contributed by atoms with van der Waals surface area (Å²) in [6.07, 6.45) is 0. The lowest BCUT2D eigenvalue weighted by atomic mass is 10.1. The molecule has 0 aliphatic rings. The minimum absolute atomic E-state index is 0.0304. The highest BCUT2D eigenvalue weighted by Gasteiger charge is 2.14. The van der Waals surface area contributed by atoms with Crippen LogP contribution in [0.4, 0.5) is 0 Å². The number of phenolic OH excluding ortho intramolecular Hbond substituents is 2. The van der Waals surface area contributed by atoms with Crippen LogP contribution < -0.4 is 5.69 Å². The van der Waals surface area contributed by atoms with E-state index in [9.17, 15) is 14.7 Å². The number of Topliss-reactive ketones (excluding diaryl/α,β-unsaturated/α-hetero) is 1. The molecule has 106 valence electrons. The van der Waals surface area contributed by atoms with E-state index in [0.29, 0.717) is 11.7 Å². The van der Waals surface area contributed by atoms with Crippen LogP contribution in [0.15, 0.2) is 28.2 Å². The van der Waals surface area contributed by atoms with Crippen molar-refractivity contribution in [2.24, 2.45) is 0 Å². The van der Waals surface area contributed by atoms with Crippen molar-refractivity contribution in [3.05, 3.63) is 34.2 Å². The molecule has 0 bridgehead atoms. The Hall–Kier alpha value is -2.22. The Labute approximate surface area is 118 Å². The number of hydrogen-bond acceptors (Lipinski definition) is 6. The molecule has 0 unspecified atom stereocenters. The molecule has 0 aliphatic carbocycles. The quantitative estimate of drug-likeness (QED) is 0.560. The van der Waals surface area contributed by atoms with E-state index in [2.05, 4.69) is 10.2 Å². The van der Waals surface area contributed by atoms with E-state index in [0.717, 1.165) is 17.8 Å². The third-order valence-electron chi connectivity index (χ3n) is 2.65. The third kappa shape index (κ3) is 2.85. The molecular formula is C12H13N3O4S. The molecule has 0 saturated heterocycles. The highest BCUT2D eigenvalue weighted by atomic mass is 32.2. The zero-order valence-corrected chi connectivity index (χ0v) is 11.5. The average molecular weight is 295 g/mol. The highest BCUT2D eigenvalue weighted by molar-refractivity contribution is 7.99. The number of aromatic nitrogens is 3. The zero-order valence-electron chi connectivity index (χ0n) is 10.7. The maximum Gasteiger partial charge on any atom is 0.343 e. The molecule has 3 N–H and O–H groups in total. The first-order chi connectivity index (χ1) is 9.52. The molecule has 0 spiro atoms. The molecule has 1 aromatic heterocycles. The molecule has 0 saturated carbocycles. The molecule has 20 heavy (non-hydrogen) atoms. The van der Waals surface area contributed by atoms with Gasteiger partial charge in [0, 0.05) is 12.6 Å². The number of phenols is 2. The molecule has 0 amide bonds. The second kappa shape index (κ2) is 5.83. The highest BCUT2D eigenvalue weighted by Crippen LogP contribution is 2.25. The lowest BCUT2D eigenvalue weighted by molar-refractivity contribution is 0.102. The van der Waals surface area contributed by atoms with Crippen molar-refractivity contribution in [1.29, 1.82) is 0 Å². The first kappa shape index (κ1) is 14.2. The summed E-state index contributed by atoms with van der Waals surface area (Å²) >= 11 is 1.11. The number of nitrogens with zero attached hydrogens (tertiary/aromatic N) is 2. The van der Waals surface area contributed by atoms with E-state index in [1.807, 2.05) is 0 Å². The normalized spacial score (nSPS) is 10.7. The van der Waals surface area contributed by atoms with E-state index in [1.165, 1.54) is 16.7 Å². The number of nitrogens with one attached hydrogen (secondary N) is 1. The summed E-state index contributed by atoms with van der Waals surface area (Å²) in [5.41, 5.74) is -0.203.